The van der Waals surface area contributed by atoms with Crippen molar-refractivity contribution in [3.05, 3.63) is 60.7 Å². The fraction of sp³-hybridized carbons (Fsp3) is 0.167. The molecule has 1 unspecified atom stereocenters. The van der Waals surface area contributed by atoms with Gasteiger partial charge in [0, 0.05) is 19.7 Å². The minimum Gasteiger partial charge on any atom is -0.382 e. The molecule has 5 N–H and O–H groups in total. The summed E-state index contributed by atoms with van der Waals surface area (Å²) in [6.07, 6.45) is 3.80. The van der Waals surface area contributed by atoms with Crippen molar-refractivity contribution in [2.75, 3.05) is 11.1 Å². The van der Waals surface area contributed by atoms with Crippen molar-refractivity contribution in [2.24, 2.45) is 23.0 Å². The lowest BCUT2D eigenvalue weighted by Crippen LogP contribution is -2.37. The first-order chi connectivity index (χ1) is 13.0. The number of nitrogens with one attached hydrogen (secondary N) is 1. The Hall–Kier alpha value is -3.59. The number of aromatic nitrogens is 3. The van der Waals surface area contributed by atoms with Gasteiger partial charge in [-0.1, -0.05) is 18.2 Å². The molecule has 0 aliphatic rings. The Morgan fingerprint density at radius 3 is 2.67 bits per heavy atom. The minimum atomic E-state index is -0.750. The molecule has 9 nitrogen and oxygen atoms in total. The van der Waals surface area contributed by atoms with Crippen LogP contribution in [0.15, 0.2) is 65.2 Å². The average Bonchev–Trinajstić information content (AvgIpc) is 3.06. The van der Waals surface area contributed by atoms with Gasteiger partial charge in [-0.2, -0.15) is 5.11 Å². The van der Waals surface area contributed by atoms with Gasteiger partial charge in [0.15, 0.2) is 5.82 Å². The van der Waals surface area contributed by atoms with Crippen LogP contribution in [0.3, 0.4) is 0 Å². The minimum absolute atomic E-state index is 0.158. The second-order valence-corrected chi connectivity index (χ2v) is 5.97. The van der Waals surface area contributed by atoms with Gasteiger partial charge in [-0.05, 0) is 24.3 Å². The van der Waals surface area contributed by atoms with Crippen molar-refractivity contribution < 1.29 is 4.79 Å². The fourth-order valence-electron chi connectivity index (χ4n) is 2.34. The van der Waals surface area contributed by atoms with Crippen molar-refractivity contribution in [3.63, 3.8) is 0 Å². The zero-order valence-corrected chi connectivity index (χ0v) is 14.8. The quantitative estimate of drug-likeness (QED) is 0.577. The van der Waals surface area contributed by atoms with Gasteiger partial charge in [-0.3, -0.25) is 4.79 Å². The van der Waals surface area contributed by atoms with Gasteiger partial charge in [0.05, 0.1) is 23.8 Å². The molecule has 0 spiro atoms. The van der Waals surface area contributed by atoms with Crippen LogP contribution in [0.1, 0.15) is 5.69 Å². The molecule has 0 saturated heterocycles. The molecule has 0 radical (unpaired) electrons. The number of carbonyl (C=O) groups excluding carboxylic acids is 1. The Morgan fingerprint density at radius 2 is 2.00 bits per heavy atom. The Labute approximate surface area is 156 Å². The Bertz CT molecular complexity index is 951. The largest absolute Gasteiger partial charge is 0.382 e. The summed E-state index contributed by atoms with van der Waals surface area (Å²) in [4.78, 5) is 20.5. The monoisotopic (exact) mass is 364 g/mol. The highest BCUT2D eigenvalue weighted by atomic mass is 16.2. The molecular formula is C18H20N8O. The van der Waals surface area contributed by atoms with Gasteiger partial charge in [0.2, 0.25) is 5.91 Å². The van der Waals surface area contributed by atoms with Crippen molar-refractivity contribution in [1.82, 2.24) is 14.5 Å². The maximum atomic E-state index is 12.2. The smallest absolute Gasteiger partial charge is 0.242 e. The normalized spacial score (nSPS) is 12.2. The van der Waals surface area contributed by atoms with Crippen molar-refractivity contribution in [1.29, 1.82) is 0 Å². The highest BCUT2D eigenvalue weighted by Gasteiger charge is 2.16. The van der Waals surface area contributed by atoms with Crippen LogP contribution in [-0.2, 0) is 18.3 Å². The third-order valence-corrected chi connectivity index (χ3v) is 3.71. The highest BCUT2D eigenvalue weighted by Crippen LogP contribution is 2.24. The van der Waals surface area contributed by atoms with E-state index in [1.54, 1.807) is 23.0 Å². The van der Waals surface area contributed by atoms with Crippen molar-refractivity contribution >= 4 is 28.9 Å². The maximum absolute atomic E-state index is 12.2. The van der Waals surface area contributed by atoms with Gasteiger partial charge in [-0.25, -0.2) is 9.97 Å². The molecule has 0 saturated carbocycles. The third-order valence-electron chi connectivity index (χ3n) is 3.71. The van der Waals surface area contributed by atoms with Gasteiger partial charge in [-0.15, -0.1) is 5.11 Å². The van der Waals surface area contributed by atoms with E-state index in [1.165, 1.54) is 0 Å². The van der Waals surface area contributed by atoms with E-state index in [-0.39, 0.29) is 11.7 Å². The lowest BCUT2D eigenvalue weighted by Gasteiger charge is -2.11. The first-order valence-corrected chi connectivity index (χ1v) is 8.28. The number of nitrogens with two attached hydrogens (primary N) is 2. The SMILES string of the molecule is Cn1cnc(CC(N)C(=O)Nc2ccc(N=Nc3ccccc3)c(N)n2)c1. The third kappa shape index (κ3) is 4.95. The van der Waals surface area contributed by atoms with Crippen LogP contribution in [0.25, 0.3) is 0 Å². The second-order valence-electron chi connectivity index (χ2n) is 5.97. The summed E-state index contributed by atoms with van der Waals surface area (Å²) < 4.78 is 1.80. The van der Waals surface area contributed by atoms with Gasteiger partial charge in [0.25, 0.3) is 0 Å². The fourth-order valence-corrected chi connectivity index (χ4v) is 2.34. The maximum Gasteiger partial charge on any atom is 0.242 e. The molecule has 0 aliphatic carbocycles. The second kappa shape index (κ2) is 8.19. The van der Waals surface area contributed by atoms with Crippen LogP contribution in [0.4, 0.5) is 23.0 Å². The van der Waals surface area contributed by atoms with Crippen LogP contribution >= 0.6 is 0 Å². The summed E-state index contributed by atoms with van der Waals surface area (Å²) in [7, 11) is 1.85. The number of nitrogens with zero attached hydrogens (tertiary/aromatic N) is 5. The van der Waals surface area contributed by atoms with E-state index in [0.29, 0.717) is 23.6 Å². The molecule has 2 aromatic heterocycles. The molecular weight excluding hydrogens is 344 g/mol. The van der Waals surface area contributed by atoms with Gasteiger partial charge >= 0.3 is 0 Å². The van der Waals surface area contributed by atoms with Crippen molar-refractivity contribution in [3.8, 4) is 0 Å². The van der Waals surface area contributed by atoms with E-state index in [2.05, 4.69) is 25.5 Å². The number of rotatable bonds is 6. The lowest BCUT2D eigenvalue weighted by atomic mass is 10.1. The molecule has 0 bridgehead atoms. The average molecular weight is 364 g/mol. The molecule has 3 aromatic rings. The van der Waals surface area contributed by atoms with E-state index in [0.717, 1.165) is 5.69 Å². The molecule has 9 heteroatoms. The summed E-state index contributed by atoms with van der Waals surface area (Å²) in [5, 5.41) is 10.8. The van der Waals surface area contributed by atoms with Crippen LogP contribution in [-0.4, -0.2) is 26.5 Å². The summed E-state index contributed by atoms with van der Waals surface area (Å²) in [6.45, 7) is 0. The van der Waals surface area contributed by atoms with E-state index in [1.807, 2.05) is 43.6 Å². The zero-order chi connectivity index (χ0) is 19.2. The Balaban J connectivity index is 1.63. The number of hydrogen-bond acceptors (Lipinski definition) is 7. The number of imidazole rings is 1. The molecule has 1 amide bonds. The van der Waals surface area contributed by atoms with E-state index < -0.39 is 6.04 Å². The number of carbonyl (C=O) groups is 1. The molecule has 2 heterocycles. The molecule has 3 rings (SSSR count). The predicted octanol–water partition coefficient (Wildman–Crippen LogP) is 2.32. The van der Waals surface area contributed by atoms with Gasteiger partial charge in [0.1, 0.15) is 11.5 Å². The van der Waals surface area contributed by atoms with E-state index in [9.17, 15) is 4.79 Å². The molecule has 1 aromatic carbocycles. The lowest BCUT2D eigenvalue weighted by molar-refractivity contribution is -0.117. The van der Waals surface area contributed by atoms with Crippen LogP contribution in [0.2, 0.25) is 0 Å². The highest BCUT2D eigenvalue weighted by molar-refractivity contribution is 5.94. The molecule has 1 atom stereocenters. The molecule has 0 aliphatic heterocycles. The number of nitrogen functional groups attached to an aromatic ring is 1. The zero-order valence-electron chi connectivity index (χ0n) is 14.8. The number of anilines is 2. The van der Waals surface area contributed by atoms with Crippen LogP contribution in [0.5, 0.6) is 0 Å². The molecule has 27 heavy (non-hydrogen) atoms. The molecule has 138 valence electrons. The number of hydrogen-bond donors (Lipinski definition) is 3. The summed E-state index contributed by atoms with van der Waals surface area (Å²) >= 11 is 0. The first-order valence-electron chi connectivity index (χ1n) is 8.28. The standard InChI is InChI=1S/C18H20N8O/c1-26-10-13(21-11-26)9-14(19)18(27)23-16-8-7-15(17(20)22-16)25-24-12-5-3-2-4-6-12/h2-8,10-11,14H,9,19H2,1H3,(H3,20,22,23,27). The Kier molecular flexibility index (Phi) is 5.53. The number of pyridine rings is 1. The van der Waals surface area contributed by atoms with E-state index in [4.69, 9.17) is 11.5 Å². The summed E-state index contributed by atoms with van der Waals surface area (Å²) in [5.41, 5.74) is 13.7. The predicted molar refractivity (Wildman–Crippen MR) is 103 cm³/mol. The topological polar surface area (TPSA) is 137 Å². The van der Waals surface area contributed by atoms with Crippen molar-refractivity contribution in [2.45, 2.75) is 12.5 Å². The number of amides is 1. The Morgan fingerprint density at radius 1 is 1.22 bits per heavy atom. The van der Waals surface area contributed by atoms with E-state index >= 15 is 0 Å². The number of azo groups is 1. The summed E-state index contributed by atoms with van der Waals surface area (Å²) in [5.74, 6) is 0.0876. The van der Waals surface area contributed by atoms with Crippen LogP contribution in [0, 0.1) is 0 Å². The number of benzene rings is 1. The molecule has 0 fully saturated rings. The van der Waals surface area contributed by atoms with Crippen LogP contribution < -0.4 is 16.8 Å². The first kappa shape index (κ1) is 18.2. The van der Waals surface area contributed by atoms with Gasteiger partial charge < -0.3 is 21.4 Å². The number of aryl methyl sites for hydroxylation is 1. The summed E-state index contributed by atoms with van der Waals surface area (Å²) in [6, 6.07) is 11.8.